The number of thiazole rings is 1. The molecule has 0 fully saturated rings. The van der Waals surface area contributed by atoms with Gasteiger partial charge in [-0.15, -0.1) is 11.3 Å². The SMILES string of the molecule is CCCCN(C)C(=O)c1nc(C)cs1. The first-order valence-corrected chi connectivity index (χ1v) is 5.70. The molecule has 0 saturated heterocycles. The molecule has 0 spiro atoms. The number of unbranched alkanes of at least 4 members (excludes halogenated alkanes) is 1. The number of amides is 1. The smallest absolute Gasteiger partial charge is 0.282 e. The quantitative estimate of drug-likeness (QED) is 0.767. The van der Waals surface area contributed by atoms with E-state index in [0.29, 0.717) is 5.01 Å². The Balaban J connectivity index is 2.56. The van der Waals surface area contributed by atoms with Gasteiger partial charge in [0, 0.05) is 24.7 Å². The van der Waals surface area contributed by atoms with Crippen molar-refractivity contribution in [2.24, 2.45) is 0 Å². The van der Waals surface area contributed by atoms with Crippen LogP contribution in [-0.2, 0) is 0 Å². The Kier molecular flexibility index (Phi) is 4.07. The first-order valence-electron chi connectivity index (χ1n) is 4.82. The Labute approximate surface area is 88.8 Å². The molecule has 0 saturated carbocycles. The number of aromatic nitrogens is 1. The van der Waals surface area contributed by atoms with Crippen LogP contribution < -0.4 is 0 Å². The third-order valence-electron chi connectivity index (χ3n) is 2.00. The molecule has 0 aliphatic carbocycles. The molecule has 1 aromatic rings. The van der Waals surface area contributed by atoms with Crippen LogP contribution in [0.3, 0.4) is 0 Å². The minimum absolute atomic E-state index is 0.0385. The molecule has 1 amide bonds. The lowest BCUT2D eigenvalue weighted by molar-refractivity contribution is 0.0792. The van der Waals surface area contributed by atoms with Crippen molar-refractivity contribution in [2.75, 3.05) is 13.6 Å². The van der Waals surface area contributed by atoms with E-state index in [0.717, 1.165) is 25.1 Å². The average Bonchev–Trinajstić information content (AvgIpc) is 2.60. The summed E-state index contributed by atoms with van der Waals surface area (Å²) in [7, 11) is 1.83. The molecule has 0 aromatic carbocycles. The van der Waals surface area contributed by atoms with Crippen molar-refractivity contribution in [1.82, 2.24) is 9.88 Å². The number of aryl methyl sites for hydroxylation is 1. The Morgan fingerprint density at radius 1 is 1.64 bits per heavy atom. The van der Waals surface area contributed by atoms with Crippen LogP contribution in [0, 0.1) is 6.92 Å². The van der Waals surface area contributed by atoms with E-state index in [9.17, 15) is 4.79 Å². The predicted octanol–water partition coefficient (Wildman–Crippen LogP) is 2.32. The largest absolute Gasteiger partial charge is 0.340 e. The van der Waals surface area contributed by atoms with Crippen molar-refractivity contribution in [3.05, 3.63) is 16.1 Å². The van der Waals surface area contributed by atoms with Crippen LogP contribution in [0.5, 0.6) is 0 Å². The molecule has 1 aromatic heterocycles. The minimum atomic E-state index is 0.0385. The third-order valence-corrected chi connectivity index (χ3v) is 2.94. The highest BCUT2D eigenvalue weighted by atomic mass is 32.1. The molecule has 1 heterocycles. The van der Waals surface area contributed by atoms with Gasteiger partial charge in [-0.05, 0) is 13.3 Å². The van der Waals surface area contributed by atoms with Crippen LogP contribution >= 0.6 is 11.3 Å². The van der Waals surface area contributed by atoms with E-state index in [1.54, 1.807) is 4.90 Å². The van der Waals surface area contributed by atoms with Gasteiger partial charge < -0.3 is 4.90 Å². The topological polar surface area (TPSA) is 33.2 Å². The number of rotatable bonds is 4. The molecule has 0 unspecified atom stereocenters. The van der Waals surface area contributed by atoms with Gasteiger partial charge in [0.1, 0.15) is 0 Å². The van der Waals surface area contributed by atoms with Gasteiger partial charge in [0.15, 0.2) is 5.01 Å². The highest BCUT2D eigenvalue weighted by Crippen LogP contribution is 2.11. The van der Waals surface area contributed by atoms with Crippen molar-refractivity contribution in [3.8, 4) is 0 Å². The molecule has 0 radical (unpaired) electrons. The summed E-state index contributed by atoms with van der Waals surface area (Å²) < 4.78 is 0. The lowest BCUT2D eigenvalue weighted by atomic mass is 10.3. The average molecular weight is 212 g/mol. The van der Waals surface area contributed by atoms with Crippen molar-refractivity contribution in [3.63, 3.8) is 0 Å². The molecule has 0 aliphatic heterocycles. The first kappa shape index (κ1) is 11.2. The maximum Gasteiger partial charge on any atom is 0.282 e. The van der Waals surface area contributed by atoms with E-state index < -0.39 is 0 Å². The normalized spacial score (nSPS) is 10.2. The van der Waals surface area contributed by atoms with Gasteiger partial charge in [-0.25, -0.2) is 4.98 Å². The summed E-state index contributed by atoms with van der Waals surface area (Å²) in [4.78, 5) is 17.6. The molecular formula is C10H16N2OS. The van der Waals surface area contributed by atoms with Crippen LogP contribution in [0.15, 0.2) is 5.38 Å². The number of hydrogen-bond donors (Lipinski definition) is 0. The van der Waals surface area contributed by atoms with Gasteiger partial charge in [0.25, 0.3) is 5.91 Å². The first-order chi connectivity index (χ1) is 6.65. The molecule has 1 rings (SSSR count). The highest BCUT2D eigenvalue weighted by molar-refractivity contribution is 7.11. The Morgan fingerprint density at radius 2 is 2.36 bits per heavy atom. The van der Waals surface area contributed by atoms with Gasteiger partial charge in [-0.1, -0.05) is 13.3 Å². The maximum absolute atomic E-state index is 11.7. The number of carbonyl (C=O) groups is 1. The van der Waals surface area contributed by atoms with Crippen LogP contribution in [0.25, 0.3) is 0 Å². The molecule has 0 aliphatic rings. The summed E-state index contributed by atoms with van der Waals surface area (Å²) in [6.45, 7) is 4.83. The van der Waals surface area contributed by atoms with E-state index >= 15 is 0 Å². The van der Waals surface area contributed by atoms with E-state index in [1.165, 1.54) is 11.3 Å². The zero-order valence-corrected chi connectivity index (χ0v) is 9.73. The maximum atomic E-state index is 11.7. The standard InChI is InChI=1S/C10H16N2OS/c1-4-5-6-12(3)10(13)9-11-8(2)7-14-9/h7H,4-6H2,1-3H3. The van der Waals surface area contributed by atoms with E-state index in [1.807, 2.05) is 19.4 Å². The summed E-state index contributed by atoms with van der Waals surface area (Å²) in [5, 5.41) is 2.50. The van der Waals surface area contributed by atoms with Crippen molar-refractivity contribution < 1.29 is 4.79 Å². The van der Waals surface area contributed by atoms with Crippen LogP contribution in [-0.4, -0.2) is 29.4 Å². The lowest BCUT2D eigenvalue weighted by Gasteiger charge is -2.14. The summed E-state index contributed by atoms with van der Waals surface area (Å²) >= 11 is 1.42. The lowest BCUT2D eigenvalue weighted by Crippen LogP contribution is -2.27. The van der Waals surface area contributed by atoms with Crippen LogP contribution in [0.1, 0.15) is 35.3 Å². The fourth-order valence-electron chi connectivity index (χ4n) is 1.11. The van der Waals surface area contributed by atoms with Crippen LogP contribution in [0.4, 0.5) is 0 Å². The summed E-state index contributed by atoms with van der Waals surface area (Å²) in [5.74, 6) is 0.0385. The monoisotopic (exact) mass is 212 g/mol. The third kappa shape index (κ3) is 2.80. The van der Waals surface area contributed by atoms with Crippen molar-refractivity contribution in [2.45, 2.75) is 26.7 Å². The summed E-state index contributed by atoms with van der Waals surface area (Å²) in [5.41, 5.74) is 0.919. The fourth-order valence-corrected chi connectivity index (χ4v) is 1.90. The van der Waals surface area contributed by atoms with Gasteiger partial charge in [0.05, 0.1) is 0 Å². The van der Waals surface area contributed by atoms with Crippen molar-refractivity contribution in [1.29, 1.82) is 0 Å². The Morgan fingerprint density at radius 3 is 2.86 bits per heavy atom. The number of hydrogen-bond acceptors (Lipinski definition) is 3. The minimum Gasteiger partial charge on any atom is -0.340 e. The van der Waals surface area contributed by atoms with Gasteiger partial charge >= 0.3 is 0 Å². The molecule has 0 N–H and O–H groups in total. The summed E-state index contributed by atoms with van der Waals surface area (Å²) in [6, 6.07) is 0. The zero-order chi connectivity index (χ0) is 10.6. The number of carbonyl (C=O) groups excluding carboxylic acids is 1. The predicted molar refractivity (Wildman–Crippen MR) is 58.7 cm³/mol. The highest BCUT2D eigenvalue weighted by Gasteiger charge is 2.13. The molecule has 0 bridgehead atoms. The van der Waals surface area contributed by atoms with E-state index in [4.69, 9.17) is 0 Å². The molecule has 78 valence electrons. The molecule has 0 atom stereocenters. The van der Waals surface area contributed by atoms with E-state index in [-0.39, 0.29) is 5.91 Å². The zero-order valence-electron chi connectivity index (χ0n) is 8.91. The molecule has 14 heavy (non-hydrogen) atoms. The van der Waals surface area contributed by atoms with Crippen LogP contribution in [0.2, 0.25) is 0 Å². The van der Waals surface area contributed by atoms with Crippen molar-refractivity contribution >= 4 is 17.2 Å². The summed E-state index contributed by atoms with van der Waals surface area (Å²) in [6.07, 6.45) is 2.15. The fraction of sp³-hybridized carbons (Fsp3) is 0.600. The van der Waals surface area contributed by atoms with E-state index in [2.05, 4.69) is 11.9 Å². The second kappa shape index (κ2) is 5.10. The molecular weight excluding hydrogens is 196 g/mol. The Bertz CT molecular complexity index is 309. The Hall–Kier alpha value is -0.900. The van der Waals surface area contributed by atoms with Gasteiger partial charge in [-0.2, -0.15) is 0 Å². The van der Waals surface area contributed by atoms with Gasteiger partial charge in [0.2, 0.25) is 0 Å². The second-order valence-corrected chi connectivity index (χ2v) is 4.23. The van der Waals surface area contributed by atoms with Gasteiger partial charge in [-0.3, -0.25) is 4.79 Å². The number of nitrogens with zero attached hydrogens (tertiary/aromatic N) is 2. The molecule has 3 nitrogen and oxygen atoms in total. The molecule has 4 heteroatoms. The second-order valence-electron chi connectivity index (χ2n) is 3.37.